The van der Waals surface area contributed by atoms with Crippen LogP contribution in [-0.2, 0) is 6.42 Å². The van der Waals surface area contributed by atoms with Crippen molar-refractivity contribution < 1.29 is 5.11 Å². The van der Waals surface area contributed by atoms with E-state index < -0.39 is 0 Å². The Labute approximate surface area is 103 Å². The molecule has 1 N–H and O–H groups in total. The molecule has 1 aliphatic rings. The topological polar surface area (TPSA) is 49.2 Å². The Kier molecular flexibility index (Phi) is 3.94. The van der Waals surface area contributed by atoms with Crippen LogP contribution in [0.25, 0.3) is 0 Å². The third-order valence-electron chi connectivity index (χ3n) is 3.41. The largest absolute Gasteiger partial charge is 0.396 e. The Hall–Kier alpha value is -1.16. The van der Waals surface area contributed by atoms with Crippen LogP contribution in [0.4, 0.5) is 5.95 Å². The predicted octanol–water partition coefficient (Wildman–Crippen LogP) is 1.56. The summed E-state index contributed by atoms with van der Waals surface area (Å²) < 4.78 is 0. The van der Waals surface area contributed by atoms with Crippen molar-refractivity contribution >= 4 is 5.95 Å². The molecule has 0 radical (unpaired) electrons. The van der Waals surface area contributed by atoms with Crippen molar-refractivity contribution in [2.24, 2.45) is 5.92 Å². The SMILES string of the molecule is CCc1cc(C)nc(N2CCC(CO)CC2)n1. The highest BCUT2D eigenvalue weighted by Crippen LogP contribution is 2.20. The van der Waals surface area contributed by atoms with Crippen LogP contribution < -0.4 is 4.90 Å². The van der Waals surface area contributed by atoms with Crippen molar-refractivity contribution in [3.8, 4) is 0 Å². The molecule has 4 heteroatoms. The molecule has 17 heavy (non-hydrogen) atoms. The minimum atomic E-state index is 0.308. The maximum absolute atomic E-state index is 9.12. The van der Waals surface area contributed by atoms with Gasteiger partial charge in [-0.25, -0.2) is 9.97 Å². The summed E-state index contributed by atoms with van der Waals surface area (Å²) in [4.78, 5) is 11.3. The van der Waals surface area contributed by atoms with E-state index in [0.717, 1.165) is 49.7 Å². The van der Waals surface area contributed by atoms with E-state index in [9.17, 15) is 0 Å². The van der Waals surface area contributed by atoms with E-state index in [-0.39, 0.29) is 0 Å². The van der Waals surface area contributed by atoms with Gasteiger partial charge in [-0.2, -0.15) is 0 Å². The summed E-state index contributed by atoms with van der Waals surface area (Å²) in [6.45, 7) is 6.35. The van der Waals surface area contributed by atoms with Crippen LogP contribution in [0.2, 0.25) is 0 Å². The van der Waals surface area contributed by atoms with Crippen molar-refractivity contribution in [1.82, 2.24) is 9.97 Å². The Morgan fingerprint density at radius 3 is 2.65 bits per heavy atom. The van der Waals surface area contributed by atoms with Gasteiger partial charge >= 0.3 is 0 Å². The number of piperidine rings is 1. The van der Waals surface area contributed by atoms with Crippen LogP contribution in [0.1, 0.15) is 31.2 Å². The van der Waals surface area contributed by atoms with Crippen molar-refractivity contribution in [1.29, 1.82) is 0 Å². The fraction of sp³-hybridized carbons (Fsp3) is 0.692. The van der Waals surface area contributed by atoms with Gasteiger partial charge in [-0.05, 0) is 38.2 Å². The number of aliphatic hydroxyl groups is 1. The van der Waals surface area contributed by atoms with E-state index in [1.54, 1.807) is 0 Å². The molecule has 0 spiro atoms. The highest BCUT2D eigenvalue weighted by molar-refractivity contribution is 5.33. The molecule has 2 heterocycles. The first-order chi connectivity index (χ1) is 8.22. The smallest absolute Gasteiger partial charge is 0.225 e. The first kappa shape index (κ1) is 12.3. The Morgan fingerprint density at radius 2 is 2.06 bits per heavy atom. The number of aromatic nitrogens is 2. The quantitative estimate of drug-likeness (QED) is 0.863. The van der Waals surface area contributed by atoms with Crippen molar-refractivity contribution in [3.05, 3.63) is 17.5 Å². The minimum Gasteiger partial charge on any atom is -0.396 e. The molecule has 0 bridgehead atoms. The summed E-state index contributed by atoms with van der Waals surface area (Å²) in [5.74, 6) is 1.32. The van der Waals surface area contributed by atoms with Crippen molar-refractivity contribution in [2.75, 3.05) is 24.6 Å². The van der Waals surface area contributed by atoms with E-state index >= 15 is 0 Å². The van der Waals surface area contributed by atoms with Crippen LogP contribution in [0.3, 0.4) is 0 Å². The Balaban J connectivity index is 2.10. The second kappa shape index (κ2) is 5.45. The molecule has 1 aromatic rings. The molecule has 94 valence electrons. The van der Waals surface area contributed by atoms with Crippen LogP contribution >= 0.6 is 0 Å². The van der Waals surface area contributed by atoms with Crippen LogP contribution in [0.15, 0.2) is 6.07 Å². The molecule has 1 fully saturated rings. The number of anilines is 1. The highest BCUT2D eigenvalue weighted by Gasteiger charge is 2.20. The molecular formula is C13H21N3O. The fourth-order valence-electron chi connectivity index (χ4n) is 2.25. The average Bonchev–Trinajstić information content (AvgIpc) is 2.38. The lowest BCUT2D eigenvalue weighted by Crippen LogP contribution is -2.36. The van der Waals surface area contributed by atoms with Crippen LogP contribution in [0, 0.1) is 12.8 Å². The normalized spacial score (nSPS) is 17.5. The average molecular weight is 235 g/mol. The van der Waals surface area contributed by atoms with Gasteiger partial charge in [0.15, 0.2) is 0 Å². The maximum Gasteiger partial charge on any atom is 0.225 e. The van der Waals surface area contributed by atoms with E-state index in [4.69, 9.17) is 5.11 Å². The number of aliphatic hydroxyl groups excluding tert-OH is 1. The van der Waals surface area contributed by atoms with E-state index in [0.29, 0.717) is 12.5 Å². The van der Waals surface area contributed by atoms with Gasteiger partial charge in [-0.15, -0.1) is 0 Å². The molecule has 1 saturated heterocycles. The molecule has 0 aliphatic carbocycles. The van der Waals surface area contributed by atoms with Crippen molar-refractivity contribution in [2.45, 2.75) is 33.1 Å². The summed E-state index contributed by atoms with van der Waals surface area (Å²) in [7, 11) is 0. The van der Waals surface area contributed by atoms with Gasteiger partial charge < -0.3 is 10.0 Å². The lowest BCUT2D eigenvalue weighted by Gasteiger charge is -2.31. The molecule has 0 saturated carbocycles. The molecular weight excluding hydrogens is 214 g/mol. The molecule has 0 amide bonds. The molecule has 1 aliphatic heterocycles. The molecule has 1 aromatic heterocycles. The summed E-state index contributed by atoms with van der Waals surface area (Å²) in [6, 6.07) is 2.05. The number of aryl methyl sites for hydroxylation is 2. The first-order valence-corrected chi connectivity index (χ1v) is 6.43. The van der Waals surface area contributed by atoms with Crippen LogP contribution in [-0.4, -0.2) is 34.8 Å². The maximum atomic E-state index is 9.12. The zero-order valence-electron chi connectivity index (χ0n) is 10.7. The second-order valence-corrected chi connectivity index (χ2v) is 4.77. The zero-order valence-corrected chi connectivity index (χ0v) is 10.7. The van der Waals surface area contributed by atoms with Gasteiger partial charge in [0, 0.05) is 31.1 Å². The molecule has 2 rings (SSSR count). The van der Waals surface area contributed by atoms with E-state index in [1.807, 2.05) is 13.0 Å². The summed E-state index contributed by atoms with van der Waals surface area (Å²) in [6.07, 6.45) is 3.02. The minimum absolute atomic E-state index is 0.308. The molecule has 4 nitrogen and oxygen atoms in total. The third kappa shape index (κ3) is 2.94. The van der Waals surface area contributed by atoms with Gasteiger partial charge in [0.1, 0.15) is 0 Å². The number of rotatable bonds is 3. The Morgan fingerprint density at radius 1 is 1.35 bits per heavy atom. The summed E-state index contributed by atoms with van der Waals surface area (Å²) in [5, 5.41) is 9.12. The van der Waals surface area contributed by atoms with Crippen LogP contribution in [0.5, 0.6) is 0 Å². The number of hydrogen-bond acceptors (Lipinski definition) is 4. The summed E-state index contributed by atoms with van der Waals surface area (Å²) in [5.41, 5.74) is 2.15. The third-order valence-corrected chi connectivity index (χ3v) is 3.41. The number of nitrogens with zero attached hydrogens (tertiary/aromatic N) is 3. The molecule has 0 atom stereocenters. The van der Waals surface area contributed by atoms with Crippen molar-refractivity contribution in [3.63, 3.8) is 0 Å². The summed E-state index contributed by atoms with van der Waals surface area (Å²) >= 11 is 0. The second-order valence-electron chi connectivity index (χ2n) is 4.77. The molecule has 0 unspecified atom stereocenters. The molecule has 0 aromatic carbocycles. The lowest BCUT2D eigenvalue weighted by atomic mass is 9.98. The standard InChI is InChI=1S/C13H21N3O/c1-3-12-8-10(2)14-13(15-12)16-6-4-11(9-17)5-7-16/h8,11,17H,3-7,9H2,1-2H3. The number of hydrogen-bond donors (Lipinski definition) is 1. The monoisotopic (exact) mass is 235 g/mol. The van der Waals surface area contributed by atoms with Gasteiger partial charge in [0.25, 0.3) is 0 Å². The zero-order chi connectivity index (χ0) is 12.3. The van der Waals surface area contributed by atoms with Gasteiger partial charge in [0.05, 0.1) is 0 Å². The van der Waals surface area contributed by atoms with E-state index in [1.165, 1.54) is 0 Å². The fourth-order valence-corrected chi connectivity index (χ4v) is 2.25. The predicted molar refractivity (Wildman–Crippen MR) is 68.2 cm³/mol. The first-order valence-electron chi connectivity index (χ1n) is 6.43. The highest BCUT2D eigenvalue weighted by atomic mass is 16.3. The van der Waals surface area contributed by atoms with Gasteiger partial charge in [-0.1, -0.05) is 6.92 Å². The van der Waals surface area contributed by atoms with E-state index in [2.05, 4.69) is 21.8 Å². The van der Waals surface area contributed by atoms with Gasteiger partial charge in [0.2, 0.25) is 5.95 Å². The lowest BCUT2D eigenvalue weighted by molar-refractivity contribution is 0.202. The Bertz CT molecular complexity index is 373. The van der Waals surface area contributed by atoms with Gasteiger partial charge in [-0.3, -0.25) is 0 Å².